The summed E-state index contributed by atoms with van der Waals surface area (Å²) in [4.78, 5) is 8.70. The number of para-hydroxylation sites is 2. The third-order valence-corrected chi connectivity index (χ3v) is 5.87. The van der Waals surface area contributed by atoms with E-state index >= 15 is 0 Å². The number of methoxy groups -OCH3 is 1. The summed E-state index contributed by atoms with van der Waals surface area (Å²) in [6.45, 7) is 0. The first-order chi connectivity index (χ1) is 15.8. The number of fused-ring (bicyclic) bond motifs is 2. The van der Waals surface area contributed by atoms with Crippen molar-refractivity contribution in [1.29, 1.82) is 0 Å². The summed E-state index contributed by atoms with van der Waals surface area (Å²) in [5, 5.41) is 2.36. The third-order valence-electron chi connectivity index (χ3n) is 5.87. The molecule has 0 N–H and O–H groups in total. The lowest BCUT2D eigenvalue weighted by Gasteiger charge is -2.13. The largest absolute Gasteiger partial charge is 0.495 e. The van der Waals surface area contributed by atoms with Crippen molar-refractivity contribution in [3.05, 3.63) is 104 Å². The molecule has 0 amide bonds. The van der Waals surface area contributed by atoms with Gasteiger partial charge in [-0.25, -0.2) is 9.97 Å². The molecule has 0 spiro atoms. The van der Waals surface area contributed by atoms with Crippen molar-refractivity contribution in [2.24, 2.45) is 0 Å². The molecule has 0 fully saturated rings. The Morgan fingerprint density at radius 3 is 2.53 bits per heavy atom. The maximum atomic E-state index is 5.67. The van der Waals surface area contributed by atoms with Gasteiger partial charge in [0.2, 0.25) is 0 Å². The van der Waals surface area contributed by atoms with Crippen LogP contribution in [0.25, 0.3) is 44.3 Å². The molecule has 5 nitrogen and oxygen atoms in total. The second kappa shape index (κ2) is 7.39. The molecule has 6 aromatic rings. The van der Waals surface area contributed by atoms with Crippen molar-refractivity contribution in [1.82, 2.24) is 19.1 Å². The van der Waals surface area contributed by atoms with E-state index in [1.807, 2.05) is 35.3 Å². The van der Waals surface area contributed by atoms with Crippen LogP contribution in [0.15, 0.2) is 104 Å². The number of nitrogens with zero attached hydrogens (tertiary/aromatic N) is 4. The second-order valence-electron chi connectivity index (χ2n) is 7.67. The molecule has 0 saturated carbocycles. The topological polar surface area (TPSA) is 44.9 Å². The van der Waals surface area contributed by atoms with Crippen molar-refractivity contribution in [3.8, 4) is 28.3 Å². The Morgan fingerprint density at radius 2 is 1.66 bits per heavy atom. The molecule has 0 atom stereocenters. The van der Waals surface area contributed by atoms with Gasteiger partial charge in [0.05, 0.1) is 35.8 Å². The molecule has 0 aliphatic carbocycles. The number of rotatable bonds is 4. The molecule has 4 aromatic carbocycles. The summed E-state index contributed by atoms with van der Waals surface area (Å²) >= 11 is 0. The Morgan fingerprint density at radius 1 is 0.781 bits per heavy atom. The van der Waals surface area contributed by atoms with Crippen molar-refractivity contribution < 1.29 is 4.74 Å². The quantitative estimate of drug-likeness (QED) is 0.352. The lowest BCUT2D eigenvalue weighted by Crippen LogP contribution is -1.96. The van der Waals surface area contributed by atoms with Crippen LogP contribution in [-0.4, -0.2) is 26.2 Å². The molecular formula is C27H20N4O. The van der Waals surface area contributed by atoms with E-state index < -0.39 is 0 Å². The molecule has 0 aliphatic heterocycles. The van der Waals surface area contributed by atoms with Crippen LogP contribution in [0.4, 0.5) is 0 Å². The average molecular weight is 416 g/mol. The zero-order valence-corrected chi connectivity index (χ0v) is 17.5. The van der Waals surface area contributed by atoms with E-state index in [0.717, 1.165) is 39.3 Å². The number of imidazole rings is 2. The zero-order valence-electron chi connectivity index (χ0n) is 17.5. The van der Waals surface area contributed by atoms with Crippen LogP contribution in [0.3, 0.4) is 0 Å². The van der Waals surface area contributed by atoms with Gasteiger partial charge >= 0.3 is 0 Å². The Balaban J connectivity index is 1.46. The van der Waals surface area contributed by atoms with Crippen molar-refractivity contribution in [2.75, 3.05) is 7.11 Å². The van der Waals surface area contributed by atoms with Gasteiger partial charge in [-0.2, -0.15) is 0 Å². The smallest absolute Gasteiger partial charge is 0.143 e. The molecule has 0 aliphatic rings. The Bertz CT molecular complexity index is 1560. The molecule has 0 radical (unpaired) electrons. The predicted octanol–water partition coefficient (Wildman–Crippen LogP) is 6.04. The van der Waals surface area contributed by atoms with Gasteiger partial charge in [0.25, 0.3) is 0 Å². The summed E-state index contributed by atoms with van der Waals surface area (Å²) in [6.07, 6.45) is 7.34. The highest BCUT2D eigenvalue weighted by Crippen LogP contribution is 2.33. The highest BCUT2D eigenvalue weighted by atomic mass is 16.5. The molecule has 0 bridgehead atoms. The summed E-state index contributed by atoms with van der Waals surface area (Å²) in [7, 11) is 1.70. The SMILES string of the molecule is COc1cc(-c2ccc3c(-n4cnc5ccccc54)cccc3c2)ccc1-n1ccnc1. The van der Waals surface area contributed by atoms with E-state index in [2.05, 4.69) is 75.2 Å². The van der Waals surface area contributed by atoms with Gasteiger partial charge in [-0.1, -0.05) is 42.5 Å². The Labute approximate surface area is 185 Å². The van der Waals surface area contributed by atoms with Gasteiger partial charge in [-0.15, -0.1) is 0 Å². The van der Waals surface area contributed by atoms with E-state index in [1.54, 1.807) is 19.6 Å². The highest BCUT2D eigenvalue weighted by Gasteiger charge is 2.11. The normalized spacial score (nSPS) is 11.3. The van der Waals surface area contributed by atoms with Crippen molar-refractivity contribution in [2.45, 2.75) is 0 Å². The minimum Gasteiger partial charge on any atom is -0.495 e. The van der Waals surface area contributed by atoms with Crippen LogP contribution < -0.4 is 4.74 Å². The van der Waals surface area contributed by atoms with Gasteiger partial charge in [0.15, 0.2) is 0 Å². The molecule has 2 heterocycles. The van der Waals surface area contributed by atoms with Gasteiger partial charge in [0.1, 0.15) is 12.1 Å². The molecule has 154 valence electrons. The minimum absolute atomic E-state index is 0.805. The van der Waals surface area contributed by atoms with E-state index in [9.17, 15) is 0 Å². The first-order valence-electron chi connectivity index (χ1n) is 10.4. The number of ether oxygens (including phenoxy) is 1. The zero-order chi connectivity index (χ0) is 21.5. The minimum atomic E-state index is 0.805. The van der Waals surface area contributed by atoms with Crippen LogP contribution >= 0.6 is 0 Å². The van der Waals surface area contributed by atoms with E-state index in [-0.39, 0.29) is 0 Å². The summed E-state index contributed by atoms with van der Waals surface area (Å²) in [5.74, 6) is 0.805. The number of hydrogen-bond donors (Lipinski definition) is 0. The van der Waals surface area contributed by atoms with Crippen LogP contribution in [0.1, 0.15) is 0 Å². The lowest BCUT2D eigenvalue weighted by atomic mass is 9.99. The average Bonchev–Trinajstić information content (AvgIpc) is 3.53. The van der Waals surface area contributed by atoms with Crippen LogP contribution in [0.2, 0.25) is 0 Å². The standard InChI is InChI=1S/C27H20N4O/c1-32-27-16-20(10-12-26(27)30-14-13-28-17-30)19-9-11-22-21(15-19)5-4-8-24(22)31-18-29-23-6-2-3-7-25(23)31/h2-18H,1H3. The monoisotopic (exact) mass is 416 g/mol. The van der Waals surface area contributed by atoms with Crippen LogP contribution in [0, 0.1) is 0 Å². The van der Waals surface area contributed by atoms with Gasteiger partial charge < -0.3 is 9.30 Å². The fraction of sp³-hybridized carbons (Fsp3) is 0.0370. The fourth-order valence-corrected chi connectivity index (χ4v) is 4.28. The maximum Gasteiger partial charge on any atom is 0.143 e. The molecule has 32 heavy (non-hydrogen) atoms. The summed E-state index contributed by atoms with van der Waals surface area (Å²) in [5.41, 5.74) is 6.42. The van der Waals surface area contributed by atoms with E-state index in [1.165, 1.54) is 10.8 Å². The molecule has 6 rings (SSSR count). The molecule has 0 unspecified atom stereocenters. The first-order valence-corrected chi connectivity index (χ1v) is 10.4. The highest BCUT2D eigenvalue weighted by molar-refractivity contribution is 5.95. The number of aromatic nitrogens is 4. The fourth-order valence-electron chi connectivity index (χ4n) is 4.28. The predicted molar refractivity (Wildman–Crippen MR) is 128 cm³/mol. The number of benzene rings is 4. The molecular weight excluding hydrogens is 396 g/mol. The van der Waals surface area contributed by atoms with Crippen LogP contribution in [0.5, 0.6) is 5.75 Å². The summed E-state index contributed by atoms with van der Waals surface area (Å²) in [6, 6.07) is 27.4. The van der Waals surface area contributed by atoms with Crippen LogP contribution in [-0.2, 0) is 0 Å². The molecule has 0 saturated heterocycles. The van der Waals surface area contributed by atoms with Gasteiger partial charge in [-0.05, 0) is 52.9 Å². The number of hydrogen-bond acceptors (Lipinski definition) is 3. The van der Waals surface area contributed by atoms with Gasteiger partial charge in [0, 0.05) is 17.8 Å². The first kappa shape index (κ1) is 18.4. The van der Waals surface area contributed by atoms with Crippen molar-refractivity contribution >= 4 is 21.8 Å². The lowest BCUT2D eigenvalue weighted by molar-refractivity contribution is 0.413. The van der Waals surface area contributed by atoms with Crippen molar-refractivity contribution in [3.63, 3.8) is 0 Å². The van der Waals surface area contributed by atoms with Gasteiger partial charge in [-0.3, -0.25) is 4.57 Å². The Hall–Kier alpha value is -4.38. The van der Waals surface area contributed by atoms with E-state index in [0.29, 0.717) is 0 Å². The summed E-state index contributed by atoms with van der Waals surface area (Å²) < 4.78 is 9.77. The van der Waals surface area contributed by atoms with E-state index in [4.69, 9.17) is 4.74 Å². The second-order valence-corrected chi connectivity index (χ2v) is 7.67. The molecule has 2 aromatic heterocycles. The Kier molecular flexibility index (Phi) is 4.25. The third kappa shape index (κ3) is 2.94. The molecule has 5 heteroatoms. The maximum absolute atomic E-state index is 5.67.